The zero-order valence-corrected chi connectivity index (χ0v) is 20.1. The number of rotatable bonds is 11. The third-order valence-corrected chi connectivity index (χ3v) is 7.96. The van der Waals surface area contributed by atoms with Crippen LogP contribution in [-0.2, 0) is 6.42 Å². The van der Waals surface area contributed by atoms with Crippen molar-refractivity contribution in [2.45, 2.75) is 70.1 Å². The monoisotopic (exact) mass is 432 g/mol. The molecule has 174 valence electrons. The molecule has 0 bridgehead atoms. The van der Waals surface area contributed by atoms with E-state index >= 15 is 0 Å². The molecule has 1 unspecified atom stereocenters. The summed E-state index contributed by atoms with van der Waals surface area (Å²) < 4.78 is 0. The molecule has 2 aromatic rings. The van der Waals surface area contributed by atoms with Crippen LogP contribution in [0.15, 0.2) is 60.7 Å². The minimum absolute atomic E-state index is 0.796. The van der Waals surface area contributed by atoms with E-state index in [4.69, 9.17) is 0 Å². The summed E-state index contributed by atoms with van der Waals surface area (Å²) in [6.07, 6.45) is 14.0. The molecule has 0 radical (unpaired) electrons. The van der Waals surface area contributed by atoms with Crippen molar-refractivity contribution in [3.05, 3.63) is 71.8 Å². The predicted octanol–water partition coefficient (Wildman–Crippen LogP) is 6.77. The average Bonchev–Trinajstić information content (AvgIpc) is 2.87. The Balaban J connectivity index is 1.11. The SMILES string of the molecule is c1ccc(CCN2CCN(CCCCCC(c3ccccc3)C3CCCCC3)CC2)cc1. The molecule has 0 aromatic heterocycles. The van der Waals surface area contributed by atoms with Crippen LogP contribution in [0.4, 0.5) is 0 Å². The van der Waals surface area contributed by atoms with E-state index < -0.39 is 0 Å². The van der Waals surface area contributed by atoms with Crippen molar-refractivity contribution >= 4 is 0 Å². The summed E-state index contributed by atoms with van der Waals surface area (Å²) in [5, 5.41) is 0. The van der Waals surface area contributed by atoms with Gasteiger partial charge >= 0.3 is 0 Å². The van der Waals surface area contributed by atoms with Crippen LogP contribution in [0.5, 0.6) is 0 Å². The summed E-state index contributed by atoms with van der Waals surface area (Å²) in [6, 6.07) is 22.4. The van der Waals surface area contributed by atoms with Gasteiger partial charge in [0.15, 0.2) is 0 Å². The number of benzene rings is 2. The minimum Gasteiger partial charge on any atom is -0.301 e. The lowest BCUT2D eigenvalue weighted by atomic mass is 9.74. The third kappa shape index (κ3) is 7.46. The van der Waals surface area contributed by atoms with Gasteiger partial charge in [-0.2, -0.15) is 0 Å². The number of nitrogens with zero attached hydrogens (tertiary/aromatic N) is 2. The third-order valence-electron chi connectivity index (χ3n) is 7.96. The molecule has 1 aliphatic carbocycles. The molecule has 2 fully saturated rings. The van der Waals surface area contributed by atoms with Crippen molar-refractivity contribution in [2.24, 2.45) is 5.92 Å². The molecule has 2 nitrogen and oxygen atoms in total. The second-order valence-corrected chi connectivity index (χ2v) is 10.2. The number of unbranched alkanes of at least 4 members (excludes halogenated alkanes) is 2. The van der Waals surface area contributed by atoms with Crippen LogP contribution in [-0.4, -0.2) is 49.1 Å². The molecule has 0 amide bonds. The van der Waals surface area contributed by atoms with Crippen LogP contribution in [0.1, 0.15) is 74.8 Å². The molecule has 2 aromatic carbocycles. The lowest BCUT2D eigenvalue weighted by Crippen LogP contribution is -2.47. The maximum Gasteiger partial charge on any atom is 0.0110 e. The van der Waals surface area contributed by atoms with Crippen molar-refractivity contribution < 1.29 is 0 Å². The zero-order chi connectivity index (χ0) is 21.8. The highest BCUT2D eigenvalue weighted by molar-refractivity contribution is 5.20. The molecular formula is C30H44N2. The first-order valence-corrected chi connectivity index (χ1v) is 13.4. The highest BCUT2D eigenvalue weighted by atomic mass is 15.3. The molecule has 1 heterocycles. The van der Waals surface area contributed by atoms with Crippen molar-refractivity contribution in [1.29, 1.82) is 0 Å². The highest BCUT2D eigenvalue weighted by Crippen LogP contribution is 2.39. The van der Waals surface area contributed by atoms with E-state index in [0.29, 0.717) is 0 Å². The van der Waals surface area contributed by atoms with E-state index in [2.05, 4.69) is 70.5 Å². The summed E-state index contributed by atoms with van der Waals surface area (Å²) in [6.45, 7) is 7.49. The van der Waals surface area contributed by atoms with Gasteiger partial charge in [0, 0.05) is 32.7 Å². The number of hydrogen-bond acceptors (Lipinski definition) is 2. The van der Waals surface area contributed by atoms with Gasteiger partial charge in [-0.3, -0.25) is 0 Å². The Bertz CT molecular complexity index is 730. The van der Waals surface area contributed by atoms with Gasteiger partial charge in [-0.1, -0.05) is 92.8 Å². The fraction of sp³-hybridized carbons (Fsp3) is 0.600. The van der Waals surface area contributed by atoms with E-state index in [9.17, 15) is 0 Å². The van der Waals surface area contributed by atoms with Crippen LogP contribution < -0.4 is 0 Å². The standard InChI is InChI=1S/C30H44N2/c1-5-13-27(14-6-1)20-22-32-25-23-31(24-26-32)21-12-4-11-19-30(28-15-7-2-8-16-28)29-17-9-3-10-18-29/h1-2,5-8,13-16,29-30H,3-4,9-12,17-26H2. The molecule has 0 spiro atoms. The molecule has 4 rings (SSSR count). The van der Waals surface area contributed by atoms with Gasteiger partial charge in [0.25, 0.3) is 0 Å². The number of hydrogen-bond donors (Lipinski definition) is 0. The van der Waals surface area contributed by atoms with Crippen LogP contribution in [0, 0.1) is 5.92 Å². The van der Waals surface area contributed by atoms with Crippen molar-refractivity contribution in [3.8, 4) is 0 Å². The van der Waals surface area contributed by atoms with Gasteiger partial charge in [0.05, 0.1) is 0 Å². The van der Waals surface area contributed by atoms with Crippen molar-refractivity contribution in [2.75, 3.05) is 39.3 Å². The van der Waals surface area contributed by atoms with Crippen molar-refractivity contribution in [3.63, 3.8) is 0 Å². The van der Waals surface area contributed by atoms with Crippen molar-refractivity contribution in [1.82, 2.24) is 9.80 Å². The lowest BCUT2D eigenvalue weighted by molar-refractivity contribution is 0.131. The summed E-state index contributed by atoms with van der Waals surface area (Å²) in [5.41, 5.74) is 3.07. The van der Waals surface area contributed by atoms with Gasteiger partial charge in [-0.05, 0) is 61.6 Å². The Morgan fingerprint density at radius 1 is 0.656 bits per heavy atom. The van der Waals surface area contributed by atoms with Crippen LogP contribution in [0.2, 0.25) is 0 Å². The average molecular weight is 433 g/mol. The Labute approximate surface area is 197 Å². The van der Waals surface area contributed by atoms with Gasteiger partial charge in [0.1, 0.15) is 0 Å². The molecule has 2 aliphatic rings. The molecule has 1 saturated carbocycles. The Hall–Kier alpha value is -1.64. The van der Waals surface area contributed by atoms with E-state index in [1.807, 2.05) is 0 Å². The van der Waals surface area contributed by atoms with Crippen LogP contribution in [0.25, 0.3) is 0 Å². The highest BCUT2D eigenvalue weighted by Gasteiger charge is 2.24. The van der Waals surface area contributed by atoms with Crippen LogP contribution >= 0.6 is 0 Å². The Kier molecular flexibility index (Phi) is 9.67. The summed E-state index contributed by atoms with van der Waals surface area (Å²) in [4.78, 5) is 5.35. The summed E-state index contributed by atoms with van der Waals surface area (Å²) in [5.74, 6) is 1.72. The molecule has 2 heteroatoms. The normalized spacial score (nSPS) is 19.8. The molecule has 1 aliphatic heterocycles. The molecule has 0 N–H and O–H groups in total. The fourth-order valence-corrected chi connectivity index (χ4v) is 5.96. The molecular weight excluding hydrogens is 388 g/mol. The number of piperazine rings is 1. The maximum absolute atomic E-state index is 2.70. The van der Waals surface area contributed by atoms with Crippen LogP contribution in [0.3, 0.4) is 0 Å². The first-order valence-electron chi connectivity index (χ1n) is 13.4. The lowest BCUT2D eigenvalue weighted by Gasteiger charge is -2.34. The van der Waals surface area contributed by atoms with E-state index in [1.165, 1.54) is 109 Å². The smallest absolute Gasteiger partial charge is 0.0110 e. The summed E-state index contributed by atoms with van der Waals surface area (Å²) in [7, 11) is 0. The summed E-state index contributed by atoms with van der Waals surface area (Å²) >= 11 is 0. The minimum atomic E-state index is 0.796. The quantitative estimate of drug-likeness (QED) is 0.361. The largest absolute Gasteiger partial charge is 0.301 e. The molecule has 1 saturated heterocycles. The second-order valence-electron chi connectivity index (χ2n) is 10.2. The van der Waals surface area contributed by atoms with Gasteiger partial charge < -0.3 is 9.80 Å². The van der Waals surface area contributed by atoms with Gasteiger partial charge in [0.2, 0.25) is 0 Å². The first-order chi connectivity index (χ1) is 15.9. The molecule has 32 heavy (non-hydrogen) atoms. The second kappa shape index (κ2) is 13.2. The van der Waals surface area contributed by atoms with Gasteiger partial charge in [-0.15, -0.1) is 0 Å². The van der Waals surface area contributed by atoms with E-state index in [-0.39, 0.29) is 0 Å². The first kappa shape index (κ1) is 23.5. The van der Waals surface area contributed by atoms with Gasteiger partial charge in [-0.25, -0.2) is 0 Å². The molecule has 1 atom stereocenters. The fourth-order valence-electron chi connectivity index (χ4n) is 5.96. The Morgan fingerprint density at radius 3 is 1.97 bits per heavy atom. The topological polar surface area (TPSA) is 6.48 Å². The maximum atomic E-state index is 2.70. The van der Waals surface area contributed by atoms with E-state index in [1.54, 1.807) is 5.56 Å². The predicted molar refractivity (Wildman–Crippen MR) is 137 cm³/mol. The zero-order valence-electron chi connectivity index (χ0n) is 20.1. The van der Waals surface area contributed by atoms with E-state index in [0.717, 1.165) is 11.8 Å². The Morgan fingerprint density at radius 2 is 1.28 bits per heavy atom.